The number of para-hydroxylation sites is 1. The minimum atomic E-state index is -0.263. The summed E-state index contributed by atoms with van der Waals surface area (Å²) in [5, 5.41) is 0. The molecule has 1 saturated heterocycles. The maximum Gasteiger partial charge on any atom is 0.231 e. The van der Waals surface area contributed by atoms with Crippen molar-refractivity contribution < 1.29 is 19.1 Å². The van der Waals surface area contributed by atoms with Crippen molar-refractivity contribution in [2.24, 2.45) is 0 Å². The van der Waals surface area contributed by atoms with Crippen LogP contribution in [0.1, 0.15) is 20.7 Å². The van der Waals surface area contributed by atoms with Crippen LogP contribution >= 0.6 is 0 Å². The van der Waals surface area contributed by atoms with E-state index in [9.17, 15) is 9.59 Å². The van der Waals surface area contributed by atoms with Gasteiger partial charge in [-0.3, -0.25) is 9.59 Å². The average Bonchev–Trinajstić information content (AvgIpc) is 2.68. The Morgan fingerprint density at radius 3 is 2.08 bits per heavy atom. The number of Topliss-reactive ketones (excluding diaryl/α,β-unsaturated/α-hetero) is 2. The Hall–Kier alpha value is -2.92. The molecule has 0 aromatic heterocycles. The highest BCUT2D eigenvalue weighted by Crippen LogP contribution is 2.30. The van der Waals surface area contributed by atoms with Gasteiger partial charge in [-0.25, -0.2) is 0 Å². The number of carbonyl (C=O) groups excluding carboxylic acids is 2. The zero-order valence-electron chi connectivity index (χ0n) is 13.6. The summed E-state index contributed by atoms with van der Waals surface area (Å²) in [5.41, 5.74) is 1.14. The third-order valence-corrected chi connectivity index (χ3v) is 4.34. The molecule has 1 fully saturated rings. The lowest BCUT2D eigenvalue weighted by atomic mass is 9.90. The molecule has 0 radical (unpaired) electrons. The minimum Gasteiger partial charge on any atom is -0.451 e. The van der Waals surface area contributed by atoms with E-state index in [1.54, 1.807) is 36.4 Å². The van der Waals surface area contributed by atoms with Crippen molar-refractivity contribution in [1.29, 1.82) is 0 Å². The van der Waals surface area contributed by atoms with E-state index in [1.165, 1.54) is 0 Å². The Kier molecular flexibility index (Phi) is 4.07. The van der Waals surface area contributed by atoms with Gasteiger partial charge in [0.15, 0.2) is 0 Å². The highest BCUT2D eigenvalue weighted by Gasteiger charge is 2.37. The summed E-state index contributed by atoms with van der Waals surface area (Å²) in [7, 11) is 0. The SMILES string of the molecule is O=C1C(Oc2ccccc2)=C(N2CCOCC2)C(=O)c2ccccc21. The van der Waals surface area contributed by atoms with E-state index < -0.39 is 0 Å². The van der Waals surface area contributed by atoms with Crippen LogP contribution in [0.4, 0.5) is 0 Å². The average molecular weight is 335 g/mol. The number of ketones is 2. The molecular weight excluding hydrogens is 318 g/mol. The first kappa shape index (κ1) is 15.6. The monoisotopic (exact) mass is 335 g/mol. The van der Waals surface area contributed by atoms with Crippen LogP contribution in [0.5, 0.6) is 5.75 Å². The van der Waals surface area contributed by atoms with E-state index in [0.717, 1.165) is 0 Å². The van der Waals surface area contributed by atoms with Gasteiger partial charge in [-0.1, -0.05) is 42.5 Å². The van der Waals surface area contributed by atoms with Crippen LogP contribution in [0.3, 0.4) is 0 Å². The number of rotatable bonds is 3. The normalized spacial score (nSPS) is 17.5. The Labute approximate surface area is 145 Å². The first-order valence-electron chi connectivity index (χ1n) is 8.24. The van der Waals surface area contributed by atoms with E-state index in [4.69, 9.17) is 9.47 Å². The molecule has 126 valence electrons. The zero-order chi connectivity index (χ0) is 17.2. The van der Waals surface area contributed by atoms with Crippen LogP contribution in [0, 0.1) is 0 Å². The largest absolute Gasteiger partial charge is 0.451 e. The number of carbonyl (C=O) groups is 2. The first-order valence-corrected chi connectivity index (χ1v) is 8.24. The predicted octanol–water partition coefficient (Wildman–Crippen LogP) is 2.69. The molecular formula is C20H17NO4. The van der Waals surface area contributed by atoms with Crippen LogP contribution in [-0.4, -0.2) is 42.8 Å². The molecule has 25 heavy (non-hydrogen) atoms. The van der Waals surface area contributed by atoms with Gasteiger partial charge in [0.2, 0.25) is 17.3 Å². The quantitative estimate of drug-likeness (QED) is 0.863. The summed E-state index contributed by atoms with van der Waals surface area (Å²) in [4.78, 5) is 28.0. The molecule has 1 heterocycles. The number of ether oxygens (including phenoxy) is 2. The van der Waals surface area contributed by atoms with Gasteiger partial charge in [-0.2, -0.15) is 0 Å². The van der Waals surface area contributed by atoms with Crippen molar-refractivity contribution >= 4 is 11.6 Å². The van der Waals surface area contributed by atoms with Crippen molar-refractivity contribution in [1.82, 2.24) is 4.90 Å². The van der Waals surface area contributed by atoms with Crippen LogP contribution in [0.2, 0.25) is 0 Å². The summed E-state index contributed by atoms with van der Waals surface area (Å²) < 4.78 is 11.3. The van der Waals surface area contributed by atoms with E-state index >= 15 is 0 Å². The fraction of sp³-hybridized carbons (Fsp3) is 0.200. The zero-order valence-corrected chi connectivity index (χ0v) is 13.6. The number of fused-ring (bicyclic) bond motifs is 1. The standard InChI is InChI=1S/C20H17NO4/c22-18-15-8-4-5-9-16(15)19(23)20(25-14-6-2-1-3-7-14)17(18)21-10-12-24-13-11-21/h1-9H,10-13H2. The molecule has 2 aromatic carbocycles. The molecule has 2 aliphatic rings. The molecule has 0 bridgehead atoms. The van der Waals surface area contributed by atoms with E-state index in [1.807, 2.05) is 23.1 Å². The second-order valence-corrected chi connectivity index (χ2v) is 5.90. The van der Waals surface area contributed by atoms with Gasteiger partial charge >= 0.3 is 0 Å². The molecule has 0 unspecified atom stereocenters. The molecule has 5 nitrogen and oxygen atoms in total. The number of hydrogen-bond acceptors (Lipinski definition) is 5. The first-order chi connectivity index (χ1) is 12.3. The van der Waals surface area contributed by atoms with Gasteiger partial charge in [-0.15, -0.1) is 0 Å². The Bertz CT molecular complexity index is 851. The highest BCUT2D eigenvalue weighted by molar-refractivity contribution is 6.26. The highest BCUT2D eigenvalue weighted by atomic mass is 16.5. The van der Waals surface area contributed by atoms with Gasteiger partial charge in [0.05, 0.1) is 13.2 Å². The second kappa shape index (κ2) is 6.53. The smallest absolute Gasteiger partial charge is 0.231 e. The van der Waals surface area contributed by atoms with Gasteiger partial charge in [0.1, 0.15) is 11.4 Å². The Morgan fingerprint density at radius 1 is 0.800 bits per heavy atom. The van der Waals surface area contributed by atoms with Crippen molar-refractivity contribution in [2.45, 2.75) is 0 Å². The van der Waals surface area contributed by atoms with Crippen molar-refractivity contribution in [3.05, 3.63) is 77.2 Å². The summed E-state index contributed by atoms with van der Waals surface area (Å²) in [6, 6.07) is 15.9. The Morgan fingerprint density at radius 2 is 1.40 bits per heavy atom. The minimum absolute atomic E-state index is 0.0943. The fourth-order valence-corrected chi connectivity index (χ4v) is 3.11. The number of benzene rings is 2. The van der Waals surface area contributed by atoms with Gasteiger partial charge in [-0.05, 0) is 12.1 Å². The molecule has 4 rings (SSSR count). The maximum atomic E-state index is 13.1. The molecule has 2 aromatic rings. The van der Waals surface area contributed by atoms with Gasteiger partial charge < -0.3 is 14.4 Å². The van der Waals surface area contributed by atoms with E-state index in [2.05, 4.69) is 0 Å². The lowest BCUT2D eigenvalue weighted by Crippen LogP contribution is -2.42. The van der Waals surface area contributed by atoms with Crippen molar-refractivity contribution in [2.75, 3.05) is 26.3 Å². The molecule has 0 N–H and O–H groups in total. The number of morpholine rings is 1. The van der Waals surface area contributed by atoms with E-state index in [0.29, 0.717) is 48.9 Å². The third-order valence-electron chi connectivity index (χ3n) is 4.34. The van der Waals surface area contributed by atoms with Crippen LogP contribution in [0.15, 0.2) is 66.1 Å². The molecule has 0 spiro atoms. The lowest BCUT2D eigenvalue weighted by Gasteiger charge is -2.33. The summed E-state index contributed by atoms with van der Waals surface area (Å²) in [6.45, 7) is 2.15. The topological polar surface area (TPSA) is 55.8 Å². The van der Waals surface area contributed by atoms with Crippen LogP contribution in [-0.2, 0) is 4.74 Å². The third kappa shape index (κ3) is 2.83. The van der Waals surface area contributed by atoms with Gasteiger partial charge in [0, 0.05) is 24.2 Å². The molecule has 1 aliphatic heterocycles. The lowest BCUT2D eigenvalue weighted by molar-refractivity contribution is 0.0477. The molecule has 1 aliphatic carbocycles. The molecule has 0 saturated carbocycles. The second-order valence-electron chi connectivity index (χ2n) is 5.90. The molecule has 0 amide bonds. The van der Waals surface area contributed by atoms with Crippen LogP contribution in [0.25, 0.3) is 0 Å². The van der Waals surface area contributed by atoms with Crippen molar-refractivity contribution in [3.8, 4) is 5.75 Å². The van der Waals surface area contributed by atoms with Gasteiger partial charge in [0.25, 0.3) is 0 Å². The fourth-order valence-electron chi connectivity index (χ4n) is 3.11. The predicted molar refractivity (Wildman–Crippen MR) is 91.6 cm³/mol. The number of nitrogens with zero attached hydrogens (tertiary/aromatic N) is 1. The number of allylic oxidation sites excluding steroid dienone is 2. The summed E-state index contributed by atoms with van der Waals surface area (Å²) in [6.07, 6.45) is 0. The maximum absolute atomic E-state index is 13.1. The van der Waals surface area contributed by atoms with Crippen molar-refractivity contribution in [3.63, 3.8) is 0 Å². The summed E-state index contributed by atoms with van der Waals surface area (Å²) in [5.74, 6) is 0.184. The van der Waals surface area contributed by atoms with Crippen LogP contribution < -0.4 is 4.74 Å². The Balaban J connectivity index is 1.82. The number of hydrogen-bond donors (Lipinski definition) is 0. The van der Waals surface area contributed by atoms with E-state index in [-0.39, 0.29) is 17.3 Å². The molecule has 5 heteroatoms. The molecule has 0 atom stereocenters. The summed E-state index contributed by atoms with van der Waals surface area (Å²) >= 11 is 0.